The predicted molar refractivity (Wildman–Crippen MR) is 92.9 cm³/mol. The van der Waals surface area contributed by atoms with Crippen molar-refractivity contribution in [3.8, 4) is 5.75 Å². The number of benzene rings is 1. The maximum Gasteiger partial charge on any atom is 0.244 e. The number of hydrogen-bond acceptors (Lipinski definition) is 3. The average Bonchev–Trinajstić information content (AvgIpc) is 3.34. The first kappa shape index (κ1) is 16.6. The topological polar surface area (TPSA) is 56.2 Å². The first-order chi connectivity index (χ1) is 11.5. The second-order valence-corrected chi connectivity index (χ2v) is 6.63. The van der Waals surface area contributed by atoms with Crippen LogP contribution in [-0.4, -0.2) is 22.3 Å². The molecule has 128 valence electrons. The van der Waals surface area contributed by atoms with Crippen LogP contribution in [0.4, 0.5) is 0 Å². The summed E-state index contributed by atoms with van der Waals surface area (Å²) in [7, 11) is 0. The Kier molecular flexibility index (Phi) is 4.88. The van der Waals surface area contributed by atoms with Crippen LogP contribution < -0.4 is 10.1 Å². The lowest BCUT2D eigenvalue weighted by Gasteiger charge is -2.16. The number of amides is 1. The lowest BCUT2D eigenvalue weighted by molar-refractivity contribution is -0.124. The smallest absolute Gasteiger partial charge is 0.244 e. The van der Waals surface area contributed by atoms with Crippen LogP contribution in [0.5, 0.6) is 5.75 Å². The Morgan fingerprint density at radius 1 is 1.38 bits per heavy atom. The molecule has 0 saturated heterocycles. The molecule has 0 unspecified atom stereocenters. The fraction of sp³-hybridized carbons (Fsp3) is 0.474. The number of para-hydroxylation sites is 1. The number of hydrogen-bond donors (Lipinski definition) is 1. The Hall–Kier alpha value is -2.30. The minimum Gasteiger partial charge on any atom is -0.493 e. The van der Waals surface area contributed by atoms with Crippen molar-refractivity contribution in [3.05, 3.63) is 47.3 Å². The normalized spacial score (nSPS) is 15.1. The van der Waals surface area contributed by atoms with Crippen molar-refractivity contribution in [2.24, 2.45) is 5.92 Å². The van der Waals surface area contributed by atoms with E-state index in [1.54, 1.807) is 4.68 Å². The highest BCUT2D eigenvalue weighted by Gasteiger charge is 2.22. The van der Waals surface area contributed by atoms with Gasteiger partial charge in [-0.1, -0.05) is 18.2 Å². The Bertz CT molecular complexity index is 719. The zero-order valence-electron chi connectivity index (χ0n) is 14.6. The summed E-state index contributed by atoms with van der Waals surface area (Å²) in [5, 5.41) is 7.39. The van der Waals surface area contributed by atoms with Crippen molar-refractivity contribution in [2.75, 3.05) is 6.61 Å². The quantitative estimate of drug-likeness (QED) is 0.850. The van der Waals surface area contributed by atoms with Gasteiger partial charge in [-0.3, -0.25) is 9.48 Å². The molecule has 5 nitrogen and oxygen atoms in total. The predicted octanol–water partition coefficient (Wildman–Crippen LogP) is 3.17. The number of carbonyl (C=O) groups excluding carboxylic acids is 1. The van der Waals surface area contributed by atoms with Gasteiger partial charge in [0, 0.05) is 17.8 Å². The van der Waals surface area contributed by atoms with E-state index < -0.39 is 0 Å². The molecule has 1 heterocycles. The molecule has 0 bridgehead atoms. The van der Waals surface area contributed by atoms with Gasteiger partial charge in [0.25, 0.3) is 0 Å². The molecule has 2 aromatic rings. The van der Waals surface area contributed by atoms with E-state index in [2.05, 4.69) is 10.4 Å². The van der Waals surface area contributed by atoms with Gasteiger partial charge in [-0.05, 0) is 51.7 Å². The molecule has 0 aliphatic heterocycles. The number of aromatic nitrogens is 2. The number of nitrogens with one attached hydrogen (secondary N) is 1. The first-order valence-corrected chi connectivity index (χ1v) is 8.55. The molecule has 3 rings (SSSR count). The van der Waals surface area contributed by atoms with E-state index >= 15 is 0 Å². The zero-order chi connectivity index (χ0) is 17.1. The van der Waals surface area contributed by atoms with Crippen molar-refractivity contribution in [2.45, 2.75) is 46.2 Å². The largest absolute Gasteiger partial charge is 0.493 e. The summed E-state index contributed by atoms with van der Waals surface area (Å²) in [5.41, 5.74) is 2.92. The summed E-state index contributed by atoms with van der Waals surface area (Å²) < 4.78 is 7.66. The summed E-state index contributed by atoms with van der Waals surface area (Å²) in [6.07, 6.45) is 2.53. The summed E-state index contributed by atoms with van der Waals surface area (Å²) in [6.45, 7) is 6.99. The molecule has 1 aliphatic rings. The molecular formula is C19H25N3O2. The molecular weight excluding hydrogens is 302 g/mol. The average molecular weight is 327 g/mol. The third kappa shape index (κ3) is 3.96. The standard InChI is InChI=1S/C19H25N3O2/c1-13-10-14(2)22(21-13)15(3)19(23)20-11-17-6-4-5-7-18(17)24-12-16-8-9-16/h4-7,10,15-16H,8-9,11-12H2,1-3H3,(H,20,23)/t15-/m1/s1. The molecule has 1 saturated carbocycles. The van der Waals surface area contributed by atoms with Crippen LogP contribution in [0.3, 0.4) is 0 Å². The molecule has 1 aliphatic carbocycles. The lowest BCUT2D eigenvalue weighted by Crippen LogP contribution is -2.31. The summed E-state index contributed by atoms with van der Waals surface area (Å²) >= 11 is 0. The van der Waals surface area contributed by atoms with E-state index in [4.69, 9.17) is 4.74 Å². The van der Waals surface area contributed by atoms with Gasteiger partial charge in [-0.15, -0.1) is 0 Å². The van der Waals surface area contributed by atoms with Crippen LogP contribution >= 0.6 is 0 Å². The van der Waals surface area contributed by atoms with Gasteiger partial charge in [-0.2, -0.15) is 5.10 Å². The Morgan fingerprint density at radius 2 is 2.12 bits per heavy atom. The molecule has 0 spiro atoms. The second-order valence-electron chi connectivity index (χ2n) is 6.63. The first-order valence-electron chi connectivity index (χ1n) is 8.55. The summed E-state index contributed by atoms with van der Waals surface area (Å²) in [5.74, 6) is 1.53. The summed E-state index contributed by atoms with van der Waals surface area (Å²) in [4.78, 5) is 12.5. The van der Waals surface area contributed by atoms with E-state index in [1.807, 2.05) is 51.1 Å². The van der Waals surface area contributed by atoms with Gasteiger partial charge in [0.05, 0.1) is 12.3 Å². The van der Waals surface area contributed by atoms with Crippen molar-refractivity contribution < 1.29 is 9.53 Å². The number of nitrogens with zero attached hydrogens (tertiary/aromatic N) is 2. The van der Waals surface area contributed by atoms with Crippen LogP contribution in [0.1, 0.15) is 42.8 Å². The summed E-state index contributed by atoms with van der Waals surface area (Å²) in [6, 6.07) is 9.54. The van der Waals surface area contributed by atoms with Crippen LogP contribution in [0.2, 0.25) is 0 Å². The third-order valence-corrected chi connectivity index (χ3v) is 4.39. The van der Waals surface area contributed by atoms with E-state index in [-0.39, 0.29) is 11.9 Å². The number of carbonyl (C=O) groups is 1. The van der Waals surface area contributed by atoms with Gasteiger partial charge in [0.1, 0.15) is 11.8 Å². The number of ether oxygens (including phenoxy) is 1. The second kappa shape index (κ2) is 7.07. The molecule has 1 amide bonds. The molecule has 1 atom stereocenters. The fourth-order valence-corrected chi connectivity index (χ4v) is 2.76. The van der Waals surface area contributed by atoms with Crippen LogP contribution in [0, 0.1) is 19.8 Å². The number of rotatable bonds is 7. The van der Waals surface area contributed by atoms with E-state index in [1.165, 1.54) is 12.8 Å². The fourth-order valence-electron chi connectivity index (χ4n) is 2.76. The Labute approximate surface area is 143 Å². The number of aryl methyl sites for hydroxylation is 2. The van der Waals surface area contributed by atoms with Crippen LogP contribution in [0.25, 0.3) is 0 Å². The van der Waals surface area contributed by atoms with E-state index in [0.29, 0.717) is 12.5 Å². The third-order valence-electron chi connectivity index (χ3n) is 4.39. The lowest BCUT2D eigenvalue weighted by atomic mass is 10.2. The van der Waals surface area contributed by atoms with Gasteiger partial charge in [0.2, 0.25) is 5.91 Å². The Balaban J connectivity index is 1.60. The molecule has 5 heteroatoms. The van der Waals surface area contributed by atoms with Gasteiger partial charge in [-0.25, -0.2) is 0 Å². The zero-order valence-corrected chi connectivity index (χ0v) is 14.6. The molecule has 1 aromatic heterocycles. The van der Waals surface area contributed by atoms with Crippen molar-refractivity contribution >= 4 is 5.91 Å². The van der Waals surface area contributed by atoms with Crippen molar-refractivity contribution in [3.63, 3.8) is 0 Å². The van der Waals surface area contributed by atoms with Gasteiger partial charge in [0.15, 0.2) is 0 Å². The minimum absolute atomic E-state index is 0.0433. The van der Waals surface area contributed by atoms with E-state index in [9.17, 15) is 4.79 Å². The maximum absolute atomic E-state index is 12.5. The SMILES string of the molecule is Cc1cc(C)n([C@H](C)C(=O)NCc2ccccc2OCC2CC2)n1. The molecule has 0 radical (unpaired) electrons. The molecule has 1 aromatic carbocycles. The monoisotopic (exact) mass is 327 g/mol. The highest BCUT2D eigenvalue weighted by atomic mass is 16.5. The van der Waals surface area contributed by atoms with Crippen LogP contribution in [0.15, 0.2) is 30.3 Å². The van der Waals surface area contributed by atoms with Crippen molar-refractivity contribution in [1.82, 2.24) is 15.1 Å². The Morgan fingerprint density at radius 3 is 2.79 bits per heavy atom. The molecule has 1 N–H and O–H groups in total. The van der Waals surface area contributed by atoms with Gasteiger partial charge < -0.3 is 10.1 Å². The van der Waals surface area contributed by atoms with Crippen molar-refractivity contribution in [1.29, 1.82) is 0 Å². The maximum atomic E-state index is 12.5. The van der Waals surface area contributed by atoms with Gasteiger partial charge >= 0.3 is 0 Å². The highest BCUT2D eigenvalue weighted by molar-refractivity contribution is 5.79. The van der Waals surface area contributed by atoms with Crippen LogP contribution in [-0.2, 0) is 11.3 Å². The minimum atomic E-state index is -0.335. The molecule has 24 heavy (non-hydrogen) atoms. The van der Waals surface area contributed by atoms with E-state index in [0.717, 1.165) is 29.3 Å². The molecule has 1 fully saturated rings. The highest BCUT2D eigenvalue weighted by Crippen LogP contribution is 2.30.